The lowest BCUT2D eigenvalue weighted by Gasteiger charge is -2.11. The maximum atomic E-state index is 13.7. The first kappa shape index (κ1) is 17.9. The minimum atomic E-state index is -0.547. The second-order valence-corrected chi connectivity index (χ2v) is 7.37. The Morgan fingerprint density at radius 2 is 1.80 bits per heavy atom. The van der Waals surface area contributed by atoms with Gasteiger partial charge >= 0.3 is 0 Å². The molecule has 0 aliphatic rings. The molecule has 3 rings (SSSR count). The van der Waals surface area contributed by atoms with Gasteiger partial charge in [0.15, 0.2) is 0 Å². The number of anilines is 1. The first-order valence-electron chi connectivity index (χ1n) is 7.40. The fraction of sp³-hybridized carbons (Fsp3) is 0.176. The fourth-order valence-corrected chi connectivity index (χ4v) is 3.57. The first-order valence-corrected chi connectivity index (χ1v) is 8.97. The summed E-state index contributed by atoms with van der Waals surface area (Å²) in [6, 6.07) is 8.01. The Morgan fingerprint density at radius 3 is 2.48 bits per heavy atom. The summed E-state index contributed by atoms with van der Waals surface area (Å²) in [4.78, 5) is 0. The Hall–Kier alpha value is -1.89. The van der Waals surface area contributed by atoms with E-state index in [4.69, 9.17) is 33.7 Å². The molecule has 0 spiro atoms. The molecule has 25 heavy (non-hydrogen) atoms. The van der Waals surface area contributed by atoms with E-state index in [-0.39, 0.29) is 11.8 Å². The van der Waals surface area contributed by atoms with Crippen molar-refractivity contribution in [2.45, 2.75) is 20.0 Å². The minimum absolute atomic E-state index is 0.00832. The molecule has 0 saturated carbocycles. The Morgan fingerprint density at radius 1 is 1.08 bits per heavy atom. The topological polar surface area (TPSA) is 61.0 Å². The molecule has 0 unspecified atom stereocenters. The van der Waals surface area contributed by atoms with Crippen molar-refractivity contribution in [1.82, 2.24) is 10.2 Å². The van der Waals surface area contributed by atoms with E-state index in [9.17, 15) is 4.39 Å². The Labute approximate surface area is 158 Å². The first-order chi connectivity index (χ1) is 11.8. The Bertz CT molecular complexity index is 930. The molecule has 1 aromatic heterocycles. The minimum Gasteiger partial charge on any atom is -0.489 e. The van der Waals surface area contributed by atoms with Gasteiger partial charge in [0, 0.05) is 11.1 Å². The number of halogens is 3. The van der Waals surface area contributed by atoms with Gasteiger partial charge in [-0.15, -0.1) is 10.2 Å². The summed E-state index contributed by atoms with van der Waals surface area (Å²) in [5, 5.41) is 10.2. The number of nitrogens with two attached hydrogens (primary N) is 1. The van der Waals surface area contributed by atoms with Gasteiger partial charge < -0.3 is 10.5 Å². The van der Waals surface area contributed by atoms with E-state index in [1.54, 1.807) is 12.1 Å². The van der Waals surface area contributed by atoms with Crippen LogP contribution in [0, 0.1) is 5.82 Å². The van der Waals surface area contributed by atoms with Crippen molar-refractivity contribution in [2.75, 3.05) is 5.73 Å². The van der Waals surface area contributed by atoms with Gasteiger partial charge in [-0.05, 0) is 44.2 Å². The van der Waals surface area contributed by atoms with Crippen molar-refractivity contribution in [2.24, 2.45) is 0 Å². The molecular formula is C17H14Cl2FN3OS. The highest BCUT2D eigenvalue weighted by Gasteiger charge is 2.15. The van der Waals surface area contributed by atoms with Crippen LogP contribution < -0.4 is 10.5 Å². The van der Waals surface area contributed by atoms with E-state index in [1.165, 1.54) is 23.5 Å². The van der Waals surface area contributed by atoms with Gasteiger partial charge in [0.1, 0.15) is 21.6 Å². The van der Waals surface area contributed by atoms with Crippen LogP contribution in [0.3, 0.4) is 0 Å². The second kappa shape index (κ2) is 7.15. The molecular weight excluding hydrogens is 384 g/mol. The molecule has 130 valence electrons. The highest BCUT2D eigenvalue weighted by Crippen LogP contribution is 2.37. The quantitative estimate of drug-likeness (QED) is 0.574. The van der Waals surface area contributed by atoms with Crippen molar-refractivity contribution in [3.63, 3.8) is 0 Å². The van der Waals surface area contributed by atoms with E-state index < -0.39 is 5.82 Å². The molecule has 0 aliphatic heterocycles. The van der Waals surface area contributed by atoms with Gasteiger partial charge in [-0.25, -0.2) is 4.39 Å². The monoisotopic (exact) mass is 397 g/mol. The van der Waals surface area contributed by atoms with Gasteiger partial charge in [0.05, 0.1) is 21.8 Å². The summed E-state index contributed by atoms with van der Waals surface area (Å²) in [7, 11) is 0. The van der Waals surface area contributed by atoms with Crippen LogP contribution in [-0.4, -0.2) is 16.3 Å². The van der Waals surface area contributed by atoms with Crippen LogP contribution in [0.4, 0.5) is 10.1 Å². The number of benzene rings is 2. The number of hydrogen-bond acceptors (Lipinski definition) is 5. The summed E-state index contributed by atoms with van der Waals surface area (Å²) in [5.74, 6) is 0.0585. The van der Waals surface area contributed by atoms with E-state index in [0.717, 1.165) is 5.56 Å². The van der Waals surface area contributed by atoms with Crippen LogP contribution in [0.5, 0.6) is 5.75 Å². The zero-order chi connectivity index (χ0) is 18.1. The van der Waals surface area contributed by atoms with Gasteiger partial charge in [-0.2, -0.15) is 0 Å². The van der Waals surface area contributed by atoms with E-state index >= 15 is 0 Å². The SMILES string of the molecule is CC(C)Oc1ccc(-c2nnc(-c3cc(F)c(N)cc3Cl)s2)cc1Cl. The average Bonchev–Trinajstić information content (AvgIpc) is 3.02. The highest BCUT2D eigenvalue weighted by atomic mass is 35.5. The Kier molecular flexibility index (Phi) is 5.13. The van der Waals surface area contributed by atoms with Crippen LogP contribution >= 0.6 is 34.5 Å². The van der Waals surface area contributed by atoms with Crippen LogP contribution in [-0.2, 0) is 0 Å². The van der Waals surface area contributed by atoms with Gasteiger partial charge in [-0.1, -0.05) is 34.5 Å². The average molecular weight is 398 g/mol. The molecule has 3 aromatic rings. The fourth-order valence-electron chi connectivity index (χ4n) is 2.16. The van der Waals surface area contributed by atoms with E-state index in [0.29, 0.717) is 31.4 Å². The molecule has 0 amide bonds. The number of hydrogen-bond donors (Lipinski definition) is 1. The smallest absolute Gasteiger partial charge is 0.149 e. The van der Waals surface area contributed by atoms with Crippen molar-refractivity contribution >= 4 is 40.2 Å². The number of nitrogen functional groups attached to an aromatic ring is 1. The number of ether oxygens (including phenoxy) is 1. The lowest BCUT2D eigenvalue weighted by molar-refractivity contribution is 0.242. The molecule has 0 saturated heterocycles. The molecule has 2 aromatic carbocycles. The zero-order valence-corrected chi connectivity index (χ0v) is 15.7. The molecule has 1 heterocycles. The molecule has 0 fully saturated rings. The van der Waals surface area contributed by atoms with E-state index in [1.807, 2.05) is 19.9 Å². The van der Waals surface area contributed by atoms with Crippen LogP contribution in [0.25, 0.3) is 21.1 Å². The number of nitrogens with zero attached hydrogens (tertiary/aromatic N) is 2. The molecule has 0 radical (unpaired) electrons. The molecule has 0 atom stereocenters. The molecule has 0 aliphatic carbocycles. The Balaban J connectivity index is 1.94. The van der Waals surface area contributed by atoms with Crippen LogP contribution in [0.15, 0.2) is 30.3 Å². The lowest BCUT2D eigenvalue weighted by Crippen LogP contribution is -2.05. The molecule has 2 N–H and O–H groups in total. The highest BCUT2D eigenvalue weighted by molar-refractivity contribution is 7.18. The van der Waals surface area contributed by atoms with Crippen molar-refractivity contribution in [3.05, 3.63) is 46.2 Å². The number of aromatic nitrogens is 2. The van der Waals surface area contributed by atoms with Gasteiger partial charge in [-0.3, -0.25) is 0 Å². The maximum absolute atomic E-state index is 13.7. The largest absolute Gasteiger partial charge is 0.489 e. The van der Waals surface area contributed by atoms with Gasteiger partial charge in [0.2, 0.25) is 0 Å². The van der Waals surface area contributed by atoms with Crippen LogP contribution in [0.2, 0.25) is 10.0 Å². The summed E-state index contributed by atoms with van der Waals surface area (Å²) >= 11 is 13.7. The van der Waals surface area contributed by atoms with Crippen LogP contribution in [0.1, 0.15) is 13.8 Å². The summed E-state index contributed by atoms with van der Waals surface area (Å²) in [6.07, 6.45) is 0.0269. The lowest BCUT2D eigenvalue weighted by atomic mass is 10.2. The van der Waals surface area contributed by atoms with Crippen molar-refractivity contribution in [3.8, 4) is 26.9 Å². The third-order valence-corrected chi connectivity index (χ3v) is 4.90. The van der Waals surface area contributed by atoms with Gasteiger partial charge in [0.25, 0.3) is 0 Å². The predicted molar refractivity (Wildman–Crippen MR) is 101 cm³/mol. The molecule has 0 bridgehead atoms. The van der Waals surface area contributed by atoms with Crippen molar-refractivity contribution in [1.29, 1.82) is 0 Å². The predicted octanol–water partition coefficient (Wildman–Crippen LogP) is 5.69. The van der Waals surface area contributed by atoms with Crippen molar-refractivity contribution < 1.29 is 9.13 Å². The molecule has 4 nitrogen and oxygen atoms in total. The normalized spacial score (nSPS) is 11.1. The summed E-state index contributed by atoms with van der Waals surface area (Å²) < 4.78 is 19.3. The number of rotatable bonds is 4. The third kappa shape index (κ3) is 3.86. The second-order valence-electron chi connectivity index (χ2n) is 5.58. The molecule has 8 heteroatoms. The third-order valence-electron chi connectivity index (χ3n) is 3.28. The van der Waals surface area contributed by atoms with E-state index in [2.05, 4.69) is 10.2 Å². The summed E-state index contributed by atoms with van der Waals surface area (Å²) in [5.41, 5.74) is 6.74. The zero-order valence-electron chi connectivity index (χ0n) is 13.4. The summed E-state index contributed by atoms with van der Waals surface area (Å²) in [6.45, 7) is 3.85. The standard InChI is InChI=1S/C17H14Cl2FN3OS/c1-8(2)24-15-4-3-9(5-12(15)19)16-22-23-17(25-16)10-6-13(20)14(21)7-11(10)18/h3-8H,21H2,1-2H3. The maximum Gasteiger partial charge on any atom is 0.149 e.